The first kappa shape index (κ1) is 10.9. The van der Waals surface area contributed by atoms with Gasteiger partial charge >= 0.3 is 0 Å². The second-order valence-electron chi connectivity index (χ2n) is 2.60. The van der Waals surface area contributed by atoms with Crippen LogP contribution in [0, 0.1) is 0 Å². The lowest BCUT2D eigenvalue weighted by molar-refractivity contribution is 0.499. The minimum absolute atomic E-state index is 0.764. The maximum Gasteiger partial charge on any atom is 0.168 e. The molecule has 0 aliphatic carbocycles. The standard InChI is InChI=1S/C8H11BrN2S2/c1-10-8(12)11(2)5-7-6(9)3-4-13-7/h3-4H,5H2,1-2H3,(H,10,12). The fourth-order valence-corrected chi connectivity index (χ4v) is 2.51. The van der Waals surface area contributed by atoms with Gasteiger partial charge < -0.3 is 10.2 Å². The topological polar surface area (TPSA) is 15.3 Å². The van der Waals surface area contributed by atoms with E-state index in [0.717, 1.165) is 16.1 Å². The van der Waals surface area contributed by atoms with Gasteiger partial charge in [0.15, 0.2) is 5.11 Å². The first-order valence-corrected chi connectivity index (χ1v) is 5.88. The molecule has 0 bridgehead atoms. The number of halogens is 1. The Balaban J connectivity index is 2.59. The van der Waals surface area contributed by atoms with Crippen molar-refractivity contribution in [3.8, 4) is 0 Å². The number of hydrogen-bond acceptors (Lipinski definition) is 2. The van der Waals surface area contributed by atoms with E-state index in [1.54, 1.807) is 11.3 Å². The molecule has 1 rings (SSSR count). The smallest absolute Gasteiger partial charge is 0.168 e. The average molecular weight is 279 g/mol. The summed E-state index contributed by atoms with van der Waals surface area (Å²) in [4.78, 5) is 3.30. The number of nitrogens with zero attached hydrogens (tertiary/aromatic N) is 1. The molecule has 0 aliphatic rings. The van der Waals surface area contributed by atoms with Gasteiger partial charge in [-0.1, -0.05) is 0 Å². The van der Waals surface area contributed by atoms with E-state index in [1.807, 2.05) is 19.0 Å². The molecule has 0 spiro atoms. The molecular formula is C8H11BrN2S2. The molecule has 0 saturated heterocycles. The zero-order chi connectivity index (χ0) is 9.84. The second kappa shape index (κ2) is 4.93. The maximum absolute atomic E-state index is 5.10. The van der Waals surface area contributed by atoms with Crippen molar-refractivity contribution in [2.24, 2.45) is 0 Å². The van der Waals surface area contributed by atoms with Gasteiger partial charge in [0.05, 0.1) is 6.54 Å². The predicted molar refractivity (Wildman–Crippen MR) is 65.1 cm³/mol. The largest absolute Gasteiger partial charge is 0.366 e. The highest BCUT2D eigenvalue weighted by molar-refractivity contribution is 9.10. The van der Waals surface area contributed by atoms with Gasteiger partial charge in [-0.05, 0) is 39.6 Å². The number of nitrogens with one attached hydrogen (secondary N) is 1. The second-order valence-corrected chi connectivity index (χ2v) is 4.84. The van der Waals surface area contributed by atoms with E-state index in [-0.39, 0.29) is 0 Å². The molecule has 0 radical (unpaired) electrons. The molecule has 0 aliphatic heterocycles. The third-order valence-electron chi connectivity index (χ3n) is 1.63. The molecule has 0 unspecified atom stereocenters. The summed E-state index contributed by atoms with van der Waals surface area (Å²) in [5.74, 6) is 0. The van der Waals surface area contributed by atoms with Gasteiger partial charge in [-0.25, -0.2) is 0 Å². The number of thiocarbonyl (C=S) groups is 1. The van der Waals surface area contributed by atoms with E-state index >= 15 is 0 Å². The van der Waals surface area contributed by atoms with E-state index in [4.69, 9.17) is 12.2 Å². The summed E-state index contributed by atoms with van der Waals surface area (Å²) in [6.45, 7) is 0.845. The van der Waals surface area contributed by atoms with Gasteiger partial charge in [0.2, 0.25) is 0 Å². The fourth-order valence-electron chi connectivity index (χ4n) is 0.916. The van der Waals surface area contributed by atoms with Crippen molar-refractivity contribution in [2.75, 3.05) is 14.1 Å². The first-order chi connectivity index (χ1) is 6.15. The monoisotopic (exact) mass is 278 g/mol. The van der Waals surface area contributed by atoms with E-state index < -0.39 is 0 Å². The molecule has 1 heterocycles. The zero-order valence-corrected chi connectivity index (χ0v) is 10.7. The molecule has 1 aromatic rings. The molecule has 1 aromatic heterocycles. The highest BCUT2D eigenvalue weighted by Crippen LogP contribution is 2.23. The molecule has 72 valence electrons. The van der Waals surface area contributed by atoms with Gasteiger partial charge in [-0.2, -0.15) is 0 Å². The highest BCUT2D eigenvalue weighted by Gasteiger charge is 2.06. The lowest BCUT2D eigenvalue weighted by Gasteiger charge is -2.18. The maximum atomic E-state index is 5.10. The van der Waals surface area contributed by atoms with Crippen molar-refractivity contribution in [1.29, 1.82) is 0 Å². The molecule has 5 heteroatoms. The van der Waals surface area contributed by atoms with E-state index in [9.17, 15) is 0 Å². The molecule has 2 nitrogen and oxygen atoms in total. The highest BCUT2D eigenvalue weighted by atomic mass is 79.9. The third kappa shape index (κ3) is 2.93. The lowest BCUT2D eigenvalue weighted by atomic mass is 10.4. The van der Waals surface area contributed by atoms with Crippen molar-refractivity contribution in [2.45, 2.75) is 6.54 Å². The zero-order valence-electron chi connectivity index (χ0n) is 7.50. The van der Waals surface area contributed by atoms with Crippen molar-refractivity contribution in [3.63, 3.8) is 0 Å². The van der Waals surface area contributed by atoms with Gasteiger partial charge in [0, 0.05) is 23.4 Å². The van der Waals surface area contributed by atoms with Crippen LogP contribution >= 0.6 is 39.5 Å². The van der Waals surface area contributed by atoms with E-state index in [0.29, 0.717) is 0 Å². The van der Waals surface area contributed by atoms with Crippen LogP contribution in [0.2, 0.25) is 0 Å². The SMILES string of the molecule is CNC(=S)N(C)Cc1sccc1Br. The van der Waals surface area contributed by atoms with Crippen molar-refractivity contribution >= 4 is 44.6 Å². The Morgan fingerprint density at radius 1 is 1.77 bits per heavy atom. The Kier molecular flexibility index (Phi) is 4.15. The molecule has 0 aromatic carbocycles. The van der Waals surface area contributed by atoms with Crippen LogP contribution in [0.3, 0.4) is 0 Å². The average Bonchev–Trinajstić information content (AvgIpc) is 2.50. The van der Waals surface area contributed by atoms with Gasteiger partial charge in [-0.3, -0.25) is 0 Å². The van der Waals surface area contributed by atoms with Crippen LogP contribution < -0.4 is 5.32 Å². The Bertz CT molecular complexity index is 298. The summed E-state index contributed by atoms with van der Waals surface area (Å²) >= 11 is 10.3. The Hall–Kier alpha value is -0.130. The van der Waals surface area contributed by atoms with Gasteiger partial charge in [-0.15, -0.1) is 11.3 Å². The summed E-state index contributed by atoms with van der Waals surface area (Å²) in [6, 6.07) is 2.05. The number of rotatable bonds is 2. The Labute approximate surface area is 96.1 Å². The summed E-state index contributed by atoms with van der Waals surface area (Å²) in [5.41, 5.74) is 0. The van der Waals surface area contributed by atoms with Crippen LogP contribution in [0.25, 0.3) is 0 Å². The lowest BCUT2D eigenvalue weighted by Crippen LogP contribution is -2.33. The summed E-state index contributed by atoms with van der Waals surface area (Å²) < 4.78 is 1.16. The molecule has 0 saturated carbocycles. The molecule has 0 amide bonds. The van der Waals surface area contributed by atoms with Crippen LogP contribution in [-0.4, -0.2) is 24.1 Å². The van der Waals surface area contributed by atoms with Crippen LogP contribution in [-0.2, 0) is 6.54 Å². The minimum atomic E-state index is 0.764. The normalized spacial score (nSPS) is 9.77. The first-order valence-electron chi connectivity index (χ1n) is 3.80. The van der Waals surface area contributed by atoms with Crippen LogP contribution in [0.5, 0.6) is 0 Å². The van der Waals surface area contributed by atoms with Crippen molar-refractivity contribution in [3.05, 3.63) is 20.8 Å². The third-order valence-corrected chi connectivity index (χ3v) is 4.06. The van der Waals surface area contributed by atoms with Crippen molar-refractivity contribution < 1.29 is 0 Å². The predicted octanol–water partition coefficient (Wildman–Crippen LogP) is 2.45. The van der Waals surface area contributed by atoms with Gasteiger partial charge in [0.25, 0.3) is 0 Å². The van der Waals surface area contributed by atoms with Crippen molar-refractivity contribution in [1.82, 2.24) is 10.2 Å². The molecule has 13 heavy (non-hydrogen) atoms. The minimum Gasteiger partial charge on any atom is -0.366 e. The summed E-state index contributed by atoms with van der Waals surface area (Å²) in [6.07, 6.45) is 0. The summed E-state index contributed by atoms with van der Waals surface area (Å²) in [5, 5.41) is 5.77. The van der Waals surface area contributed by atoms with Gasteiger partial charge in [0.1, 0.15) is 0 Å². The Morgan fingerprint density at radius 2 is 2.46 bits per heavy atom. The van der Waals surface area contributed by atoms with Crippen LogP contribution in [0.4, 0.5) is 0 Å². The quantitative estimate of drug-likeness (QED) is 0.837. The summed E-state index contributed by atoms with van der Waals surface area (Å²) in [7, 11) is 3.81. The molecule has 0 atom stereocenters. The molecular weight excluding hydrogens is 268 g/mol. The van der Waals surface area contributed by atoms with E-state index in [2.05, 4.69) is 32.7 Å². The molecule has 0 fully saturated rings. The molecule has 1 N–H and O–H groups in total. The Morgan fingerprint density at radius 3 is 2.92 bits per heavy atom. The van der Waals surface area contributed by atoms with Crippen LogP contribution in [0.15, 0.2) is 15.9 Å². The van der Waals surface area contributed by atoms with Crippen LogP contribution in [0.1, 0.15) is 4.88 Å². The fraction of sp³-hybridized carbons (Fsp3) is 0.375. The van der Waals surface area contributed by atoms with E-state index in [1.165, 1.54) is 4.88 Å². The number of thiophene rings is 1. The number of hydrogen-bond donors (Lipinski definition) is 1.